The molecule has 4 rings (SSSR count). The molecule has 6 heteroatoms. The van der Waals surface area contributed by atoms with Crippen LogP contribution in [0.3, 0.4) is 0 Å². The minimum Gasteiger partial charge on any atom is -0.454 e. The molecule has 2 aliphatic heterocycles. The lowest BCUT2D eigenvalue weighted by Gasteiger charge is -2.37. The van der Waals surface area contributed by atoms with Crippen LogP contribution in [0.5, 0.6) is 11.5 Å². The number of nitrogens with zero attached hydrogens (tertiary/aromatic N) is 1. The summed E-state index contributed by atoms with van der Waals surface area (Å²) in [6, 6.07) is 6.89. The van der Waals surface area contributed by atoms with Crippen molar-refractivity contribution >= 4 is 5.96 Å². The highest BCUT2D eigenvalue weighted by molar-refractivity contribution is 5.80. The van der Waals surface area contributed by atoms with Crippen LogP contribution < -0.4 is 20.1 Å². The minimum atomic E-state index is -0.0166. The summed E-state index contributed by atoms with van der Waals surface area (Å²) < 4.78 is 16.8. The molecular formula is C21H31N3O3. The third-order valence-electron chi connectivity index (χ3n) is 6.01. The van der Waals surface area contributed by atoms with E-state index in [1.807, 2.05) is 6.07 Å². The number of guanidine groups is 1. The van der Waals surface area contributed by atoms with E-state index in [9.17, 15) is 0 Å². The van der Waals surface area contributed by atoms with Crippen LogP contribution in [0.1, 0.15) is 51.0 Å². The number of fused-ring (bicyclic) bond motifs is 1. The van der Waals surface area contributed by atoms with Crippen molar-refractivity contribution in [2.75, 3.05) is 33.1 Å². The maximum absolute atomic E-state index is 5.67. The van der Waals surface area contributed by atoms with E-state index >= 15 is 0 Å². The predicted molar refractivity (Wildman–Crippen MR) is 106 cm³/mol. The molecule has 0 amide bonds. The lowest BCUT2D eigenvalue weighted by atomic mass is 9.74. The molecule has 1 aliphatic carbocycles. The first kappa shape index (κ1) is 18.4. The van der Waals surface area contributed by atoms with Gasteiger partial charge < -0.3 is 24.8 Å². The van der Waals surface area contributed by atoms with Crippen molar-refractivity contribution in [3.05, 3.63) is 23.8 Å². The Morgan fingerprint density at radius 3 is 2.70 bits per heavy atom. The van der Waals surface area contributed by atoms with E-state index in [1.165, 1.54) is 31.2 Å². The highest BCUT2D eigenvalue weighted by Gasteiger charge is 2.36. The summed E-state index contributed by atoms with van der Waals surface area (Å²) >= 11 is 0. The number of nitrogens with one attached hydrogen (secondary N) is 2. The van der Waals surface area contributed by atoms with E-state index in [-0.39, 0.29) is 5.41 Å². The van der Waals surface area contributed by atoms with E-state index in [2.05, 4.69) is 29.7 Å². The Labute approximate surface area is 161 Å². The highest BCUT2D eigenvalue weighted by atomic mass is 16.7. The number of benzene rings is 1. The molecule has 1 saturated heterocycles. The summed E-state index contributed by atoms with van der Waals surface area (Å²) in [5.74, 6) is 2.62. The summed E-state index contributed by atoms with van der Waals surface area (Å²) in [5.41, 5.74) is 1.26. The molecule has 0 atom stereocenters. The summed E-state index contributed by atoms with van der Waals surface area (Å²) in [4.78, 5) is 5.01. The molecule has 1 saturated carbocycles. The molecule has 0 aromatic heterocycles. The van der Waals surface area contributed by atoms with E-state index < -0.39 is 0 Å². The van der Waals surface area contributed by atoms with Crippen molar-refractivity contribution in [3.8, 4) is 11.5 Å². The predicted octanol–water partition coefficient (Wildman–Crippen LogP) is 2.96. The Morgan fingerprint density at radius 1 is 1.15 bits per heavy atom. The van der Waals surface area contributed by atoms with Gasteiger partial charge in [0.25, 0.3) is 0 Å². The number of aliphatic imine (C=N–C) groups is 1. The average molecular weight is 373 g/mol. The molecule has 148 valence electrons. The van der Waals surface area contributed by atoms with Crippen molar-refractivity contribution in [2.45, 2.75) is 56.9 Å². The maximum Gasteiger partial charge on any atom is 0.231 e. The molecule has 0 spiro atoms. The van der Waals surface area contributed by atoms with E-state index in [0.29, 0.717) is 12.8 Å². The van der Waals surface area contributed by atoms with Crippen LogP contribution in [0, 0.1) is 0 Å². The molecule has 2 N–H and O–H groups in total. The van der Waals surface area contributed by atoms with E-state index in [1.54, 1.807) is 0 Å². The maximum atomic E-state index is 5.67. The fourth-order valence-electron chi connectivity index (χ4n) is 4.34. The van der Waals surface area contributed by atoms with Gasteiger partial charge in [0.15, 0.2) is 17.5 Å². The fraction of sp³-hybridized carbons (Fsp3) is 0.667. The van der Waals surface area contributed by atoms with Gasteiger partial charge in [-0.15, -0.1) is 0 Å². The third-order valence-corrected chi connectivity index (χ3v) is 6.01. The van der Waals surface area contributed by atoms with Gasteiger partial charge in [0.1, 0.15) is 0 Å². The second kappa shape index (κ2) is 8.38. The van der Waals surface area contributed by atoms with Gasteiger partial charge in [0.2, 0.25) is 6.79 Å². The lowest BCUT2D eigenvalue weighted by molar-refractivity contribution is 0.0530. The van der Waals surface area contributed by atoms with Crippen LogP contribution in [0.15, 0.2) is 23.2 Å². The van der Waals surface area contributed by atoms with Crippen LogP contribution in [0.2, 0.25) is 0 Å². The molecule has 1 aromatic carbocycles. The Morgan fingerprint density at radius 2 is 1.93 bits per heavy atom. The van der Waals surface area contributed by atoms with E-state index in [4.69, 9.17) is 19.2 Å². The SMILES string of the molecule is CCNC(=NCC1(c2ccc3c(c2)OCO3)CCOCC1)NC1CCCC1. The summed E-state index contributed by atoms with van der Waals surface area (Å²) in [7, 11) is 0. The Balaban J connectivity index is 1.55. The normalized spacial score (nSPS) is 22.0. The summed E-state index contributed by atoms with van der Waals surface area (Å²) in [5, 5.41) is 7.05. The zero-order valence-electron chi connectivity index (χ0n) is 16.3. The third kappa shape index (κ3) is 4.15. The number of rotatable bonds is 5. The van der Waals surface area contributed by atoms with Crippen LogP contribution in [-0.2, 0) is 10.2 Å². The zero-order valence-corrected chi connectivity index (χ0v) is 16.3. The Bertz CT molecular complexity index is 665. The van der Waals surface area contributed by atoms with E-state index in [0.717, 1.165) is 56.6 Å². The standard InChI is InChI=1S/C21H31N3O3/c1-2-22-20(24-17-5-3-4-6-17)23-14-21(9-11-25-12-10-21)16-7-8-18-19(13-16)27-15-26-18/h7-8,13,17H,2-6,9-12,14-15H2,1H3,(H2,22,23,24). The number of hydrogen-bond donors (Lipinski definition) is 2. The first-order valence-corrected chi connectivity index (χ1v) is 10.3. The average Bonchev–Trinajstić information content (AvgIpc) is 3.38. The molecule has 2 fully saturated rings. The smallest absolute Gasteiger partial charge is 0.231 e. The second-order valence-electron chi connectivity index (χ2n) is 7.78. The zero-order chi connectivity index (χ0) is 18.5. The molecule has 27 heavy (non-hydrogen) atoms. The molecule has 1 aromatic rings. The van der Waals surface area contributed by atoms with Crippen molar-refractivity contribution in [2.24, 2.45) is 4.99 Å². The highest BCUT2D eigenvalue weighted by Crippen LogP contribution is 2.41. The molecule has 3 aliphatic rings. The van der Waals surface area contributed by atoms with Gasteiger partial charge in [-0.2, -0.15) is 0 Å². The molecule has 2 heterocycles. The van der Waals surface area contributed by atoms with Crippen LogP contribution in [0.25, 0.3) is 0 Å². The van der Waals surface area contributed by atoms with Gasteiger partial charge in [-0.25, -0.2) is 0 Å². The van der Waals surface area contributed by atoms with Gasteiger partial charge in [0, 0.05) is 31.2 Å². The van der Waals surface area contributed by atoms with Crippen LogP contribution >= 0.6 is 0 Å². The first-order chi connectivity index (χ1) is 13.3. The second-order valence-corrected chi connectivity index (χ2v) is 7.78. The van der Waals surface area contributed by atoms with Crippen molar-refractivity contribution in [3.63, 3.8) is 0 Å². The monoisotopic (exact) mass is 373 g/mol. The topological polar surface area (TPSA) is 64.1 Å². The fourth-order valence-corrected chi connectivity index (χ4v) is 4.34. The molecular weight excluding hydrogens is 342 g/mol. The van der Waals surface area contributed by atoms with Crippen molar-refractivity contribution in [1.82, 2.24) is 10.6 Å². The van der Waals surface area contributed by atoms with Gasteiger partial charge in [0.05, 0.1) is 6.54 Å². The quantitative estimate of drug-likeness (QED) is 0.614. The lowest BCUT2D eigenvalue weighted by Crippen LogP contribution is -2.44. The largest absolute Gasteiger partial charge is 0.454 e. The number of hydrogen-bond acceptors (Lipinski definition) is 4. The molecule has 6 nitrogen and oxygen atoms in total. The Kier molecular flexibility index (Phi) is 5.72. The van der Waals surface area contributed by atoms with Crippen LogP contribution in [-0.4, -0.2) is 45.1 Å². The van der Waals surface area contributed by atoms with Crippen LogP contribution in [0.4, 0.5) is 0 Å². The molecule has 0 radical (unpaired) electrons. The van der Waals surface area contributed by atoms with Crippen molar-refractivity contribution in [1.29, 1.82) is 0 Å². The minimum absolute atomic E-state index is 0.0166. The summed E-state index contributed by atoms with van der Waals surface area (Å²) in [6.07, 6.45) is 7.06. The van der Waals surface area contributed by atoms with Gasteiger partial charge >= 0.3 is 0 Å². The van der Waals surface area contributed by atoms with Gasteiger partial charge in [-0.3, -0.25) is 4.99 Å². The Hall–Kier alpha value is -1.95. The number of ether oxygens (including phenoxy) is 3. The van der Waals surface area contributed by atoms with Crippen molar-refractivity contribution < 1.29 is 14.2 Å². The van der Waals surface area contributed by atoms with Gasteiger partial charge in [-0.1, -0.05) is 18.9 Å². The first-order valence-electron chi connectivity index (χ1n) is 10.3. The molecule has 0 unspecified atom stereocenters. The van der Waals surface area contributed by atoms with Gasteiger partial charge in [-0.05, 0) is 50.3 Å². The molecule has 0 bridgehead atoms. The summed E-state index contributed by atoms with van der Waals surface area (Å²) in [6.45, 7) is 5.60.